The highest BCUT2D eigenvalue weighted by Crippen LogP contribution is 2.32. The second-order valence-corrected chi connectivity index (χ2v) is 3.97. The molecular weight excluding hydrogens is 278 g/mol. The zero-order valence-corrected chi connectivity index (χ0v) is 10.5. The normalized spacial score (nSPS) is 11.7. The van der Waals surface area contributed by atoms with Crippen LogP contribution in [0.3, 0.4) is 0 Å². The third-order valence-electron chi connectivity index (χ3n) is 2.63. The van der Waals surface area contributed by atoms with Crippen LogP contribution in [0.25, 0.3) is 0 Å². The number of aryl methyl sites for hydroxylation is 1. The van der Waals surface area contributed by atoms with Crippen LogP contribution in [-0.2, 0) is 19.3 Å². The fraction of sp³-hybridized carbons (Fsp3) is 0.333. The molecule has 108 valence electrons. The first-order valence-corrected chi connectivity index (χ1v) is 5.78. The maximum absolute atomic E-state index is 13.4. The summed E-state index contributed by atoms with van der Waals surface area (Å²) in [5.41, 5.74) is -0.416. The van der Waals surface area contributed by atoms with Gasteiger partial charge in [0.1, 0.15) is 6.61 Å². The number of hydrogen-bond acceptors (Lipinski definition) is 3. The van der Waals surface area contributed by atoms with Gasteiger partial charge in [0.25, 0.3) is 0 Å². The lowest BCUT2D eigenvalue weighted by Gasteiger charge is -2.11. The number of ether oxygens (including phenoxy) is 1. The lowest BCUT2D eigenvalue weighted by Crippen LogP contribution is -2.08. The molecule has 0 bridgehead atoms. The van der Waals surface area contributed by atoms with E-state index in [0.717, 1.165) is 6.07 Å². The maximum Gasteiger partial charge on any atom is 0.416 e. The smallest absolute Gasteiger partial charge is 0.416 e. The molecule has 0 spiro atoms. The van der Waals surface area contributed by atoms with Gasteiger partial charge in [-0.1, -0.05) is 5.21 Å². The fourth-order valence-electron chi connectivity index (χ4n) is 1.60. The minimum atomic E-state index is -4.54. The largest absolute Gasteiger partial charge is 0.484 e. The van der Waals surface area contributed by atoms with E-state index in [4.69, 9.17) is 4.74 Å². The van der Waals surface area contributed by atoms with Crippen molar-refractivity contribution in [3.8, 4) is 5.75 Å². The molecule has 0 saturated heterocycles. The topological polar surface area (TPSA) is 39.9 Å². The third kappa shape index (κ3) is 3.06. The molecule has 0 radical (unpaired) electrons. The Balaban J connectivity index is 2.17. The molecule has 1 aromatic carbocycles. The molecule has 0 saturated carbocycles. The third-order valence-corrected chi connectivity index (χ3v) is 2.63. The van der Waals surface area contributed by atoms with Gasteiger partial charge in [0.2, 0.25) is 0 Å². The van der Waals surface area contributed by atoms with Crippen LogP contribution in [0.15, 0.2) is 24.4 Å². The number of nitrogens with zero attached hydrogens (tertiary/aromatic N) is 3. The van der Waals surface area contributed by atoms with Crippen molar-refractivity contribution in [1.29, 1.82) is 0 Å². The highest BCUT2D eigenvalue weighted by atomic mass is 19.4. The van der Waals surface area contributed by atoms with Gasteiger partial charge in [-0.05, 0) is 25.1 Å². The summed E-state index contributed by atoms with van der Waals surface area (Å²) in [5, 5.41) is 7.38. The van der Waals surface area contributed by atoms with Crippen LogP contribution >= 0.6 is 0 Å². The quantitative estimate of drug-likeness (QED) is 0.812. The summed E-state index contributed by atoms with van der Waals surface area (Å²) in [4.78, 5) is 0. The van der Waals surface area contributed by atoms with E-state index in [2.05, 4.69) is 10.3 Å². The van der Waals surface area contributed by atoms with E-state index in [0.29, 0.717) is 24.4 Å². The van der Waals surface area contributed by atoms with Gasteiger partial charge in [0.15, 0.2) is 11.6 Å². The van der Waals surface area contributed by atoms with E-state index in [1.807, 2.05) is 6.92 Å². The summed E-state index contributed by atoms with van der Waals surface area (Å²) in [5.74, 6) is -1.31. The molecule has 8 heteroatoms. The van der Waals surface area contributed by atoms with Crippen molar-refractivity contribution in [2.45, 2.75) is 26.3 Å². The summed E-state index contributed by atoms with van der Waals surface area (Å²) >= 11 is 0. The van der Waals surface area contributed by atoms with Crippen LogP contribution < -0.4 is 4.74 Å². The number of aromatic nitrogens is 3. The van der Waals surface area contributed by atoms with Crippen LogP contribution in [-0.4, -0.2) is 15.0 Å². The first kappa shape index (κ1) is 14.3. The Morgan fingerprint density at radius 2 is 2.05 bits per heavy atom. The molecule has 2 rings (SSSR count). The minimum absolute atomic E-state index is 0.112. The van der Waals surface area contributed by atoms with Gasteiger partial charge in [-0.2, -0.15) is 13.2 Å². The maximum atomic E-state index is 13.4. The molecule has 0 aliphatic carbocycles. The standard InChI is InChI=1S/C12H11F4N3O/c1-2-19-9(6-17-18-19)7-20-11-5-8(12(14,15)16)3-4-10(11)13/h3-6H,2,7H2,1H3. The molecule has 0 amide bonds. The van der Waals surface area contributed by atoms with Crippen molar-refractivity contribution in [2.75, 3.05) is 0 Å². The van der Waals surface area contributed by atoms with Gasteiger partial charge >= 0.3 is 6.18 Å². The number of rotatable bonds is 4. The lowest BCUT2D eigenvalue weighted by atomic mass is 10.2. The molecule has 1 aromatic heterocycles. The van der Waals surface area contributed by atoms with E-state index >= 15 is 0 Å². The Labute approximate surface area is 112 Å². The predicted molar refractivity (Wildman–Crippen MR) is 61.4 cm³/mol. The van der Waals surface area contributed by atoms with E-state index < -0.39 is 23.3 Å². The van der Waals surface area contributed by atoms with Crippen LogP contribution in [0, 0.1) is 5.82 Å². The molecule has 0 unspecified atom stereocenters. The number of hydrogen-bond donors (Lipinski definition) is 0. The van der Waals surface area contributed by atoms with Crippen molar-refractivity contribution in [2.24, 2.45) is 0 Å². The summed E-state index contributed by atoms with van der Waals surface area (Å²) in [6.07, 6.45) is -3.13. The Hall–Kier alpha value is -2.12. The molecule has 0 fully saturated rings. The van der Waals surface area contributed by atoms with E-state index in [1.165, 1.54) is 10.9 Å². The van der Waals surface area contributed by atoms with Gasteiger partial charge < -0.3 is 4.74 Å². The zero-order chi connectivity index (χ0) is 14.8. The van der Waals surface area contributed by atoms with Crippen LogP contribution in [0.5, 0.6) is 5.75 Å². The predicted octanol–water partition coefficient (Wildman–Crippen LogP) is 3.03. The molecule has 0 aliphatic heterocycles. The molecule has 4 nitrogen and oxygen atoms in total. The molecule has 0 aliphatic rings. The molecule has 0 N–H and O–H groups in total. The van der Waals surface area contributed by atoms with E-state index in [-0.39, 0.29) is 6.61 Å². The summed E-state index contributed by atoms with van der Waals surface area (Å²) in [6.45, 7) is 2.24. The second-order valence-electron chi connectivity index (χ2n) is 3.97. The van der Waals surface area contributed by atoms with Gasteiger partial charge in [0, 0.05) is 6.54 Å². The average molecular weight is 289 g/mol. The van der Waals surface area contributed by atoms with Crippen LogP contribution in [0.1, 0.15) is 18.2 Å². The minimum Gasteiger partial charge on any atom is -0.484 e. The Bertz CT molecular complexity index is 595. The number of halogens is 4. The van der Waals surface area contributed by atoms with E-state index in [1.54, 1.807) is 0 Å². The van der Waals surface area contributed by atoms with Crippen molar-refractivity contribution in [3.05, 3.63) is 41.5 Å². The summed E-state index contributed by atoms with van der Waals surface area (Å²) in [7, 11) is 0. The lowest BCUT2D eigenvalue weighted by molar-refractivity contribution is -0.137. The fourth-order valence-corrected chi connectivity index (χ4v) is 1.60. The molecule has 2 aromatic rings. The Morgan fingerprint density at radius 3 is 2.70 bits per heavy atom. The van der Waals surface area contributed by atoms with Gasteiger partial charge in [-0.25, -0.2) is 9.07 Å². The SMILES string of the molecule is CCn1nncc1COc1cc(C(F)(F)F)ccc1F. The second kappa shape index (κ2) is 5.48. The number of alkyl halides is 3. The van der Waals surface area contributed by atoms with Crippen LogP contribution in [0.2, 0.25) is 0 Å². The zero-order valence-electron chi connectivity index (χ0n) is 10.5. The average Bonchev–Trinajstić information content (AvgIpc) is 2.83. The molecular formula is C12H11F4N3O. The summed E-state index contributed by atoms with van der Waals surface area (Å²) < 4.78 is 57.6. The monoisotopic (exact) mass is 289 g/mol. The molecule has 0 atom stereocenters. The van der Waals surface area contributed by atoms with Crippen molar-refractivity contribution >= 4 is 0 Å². The Morgan fingerprint density at radius 1 is 1.30 bits per heavy atom. The number of benzene rings is 1. The first-order valence-electron chi connectivity index (χ1n) is 5.78. The van der Waals surface area contributed by atoms with Gasteiger partial charge in [-0.3, -0.25) is 0 Å². The van der Waals surface area contributed by atoms with Gasteiger partial charge in [0.05, 0.1) is 17.5 Å². The van der Waals surface area contributed by atoms with Crippen LogP contribution in [0.4, 0.5) is 17.6 Å². The highest BCUT2D eigenvalue weighted by Gasteiger charge is 2.31. The Kier molecular flexibility index (Phi) is 3.91. The molecule has 1 heterocycles. The van der Waals surface area contributed by atoms with E-state index in [9.17, 15) is 17.6 Å². The summed E-state index contributed by atoms with van der Waals surface area (Å²) in [6, 6.07) is 2.03. The molecule has 20 heavy (non-hydrogen) atoms. The van der Waals surface area contributed by atoms with Crippen molar-refractivity contribution < 1.29 is 22.3 Å². The van der Waals surface area contributed by atoms with Crippen molar-refractivity contribution in [3.63, 3.8) is 0 Å². The van der Waals surface area contributed by atoms with Crippen molar-refractivity contribution in [1.82, 2.24) is 15.0 Å². The van der Waals surface area contributed by atoms with Gasteiger partial charge in [-0.15, -0.1) is 5.10 Å². The highest BCUT2D eigenvalue weighted by molar-refractivity contribution is 5.32. The first-order chi connectivity index (χ1) is 9.41.